The van der Waals surface area contributed by atoms with E-state index in [0.717, 1.165) is 32.8 Å². The standard InChI is InChI=1S/C31H26FN3O5S2/c1-22-9-17-28(18-10-22)42(39,40)35(26-15-11-24(32)12-16-26)21-31(36)33-25-13-19-27(20-14-25)41(37,38)34-30-8-4-6-23-5-2-3-7-29(23)30/h2-20,34H,21H2,1H3,(H,33,36). The van der Waals surface area contributed by atoms with E-state index < -0.39 is 38.3 Å². The van der Waals surface area contributed by atoms with Gasteiger partial charge in [-0.3, -0.25) is 13.8 Å². The first-order chi connectivity index (χ1) is 20.0. The molecule has 0 saturated carbocycles. The van der Waals surface area contributed by atoms with Gasteiger partial charge in [0.25, 0.3) is 20.0 Å². The topological polar surface area (TPSA) is 113 Å². The number of nitrogens with one attached hydrogen (secondary N) is 2. The molecule has 0 aliphatic rings. The van der Waals surface area contributed by atoms with Crippen LogP contribution in [-0.4, -0.2) is 29.3 Å². The fourth-order valence-corrected chi connectivity index (χ4v) is 6.83. The van der Waals surface area contributed by atoms with E-state index in [4.69, 9.17) is 0 Å². The summed E-state index contributed by atoms with van der Waals surface area (Å²) >= 11 is 0. The van der Waals surface area contributed by atoms with E-state index in [-0.39, 0.29) is 21.2 Å². The Morgan fingerprint density at radius 2 is 1.36 bits per heavy atom. The Labute approximate surface area is 243 Å². The van der Waals surface area contributed by atoms with Gasteiger partial charge in [0.1, 0.15) is 12.4 Å². The average molecular weight is 604 g/mol. The highest BCUT2D eigenvalue weighted by atomic mass is 32.2. The van der Waals surface area contributed by atoms with Crippen LogP contribution in [0.3, 0.4) is 0 Å². The highest BCUT2D eigenvalue weighted by Gasteiger charge is 2.27. The van der Waals surface area contributed by atoms with Crippen LogP contribution >= 0.6 is 0 Å². The number of rotatable bonds is 9. The number of anilines is 3. The van der Waals surface area contributed by atoms with E-state index in [1.165, 1.54) is 48.5 Å². The van der Waals surface area contributed by atoms with Gasteiger partial charge in [-0.05, 0) is 79.0 Å². The van der Waals surface area contributed by atoms with Crippen LogP contribution in [0.15, 0.2) is 125 Å². The molecule has 214 valence electrons. The predicted molar refractivity (Wildman–Crippen MR) is 162 cm³/mol. The molecule has 0 saturated heterocycles. The van der Waals surface area contributed by atoms with Gasteiger partial charge in [-0.1, -0.05) is 54.1 Å². The molecule has 11 heteroatoms. The lowest BCUT2D eigenvalue weighted by atomic mass is 10.1. The fraction of sp³-hybridized carbons (Fsp3) is 0.0645. The number of carbonyl (C=O) groups excluding carboxylic acids is 1. The third-order valence-electron chi connectivity index (χ3n) is 6.49. The number of hydrogen-bond acceptors (Lipinski definition) is 5. The third-order valence-corrected chi connectivity index (χ3v) is 9.66. The van der Waals surface area contributed by atoms with Crippen LogP contribution in [0.5, 0.6) is 0 Å². The van der Waals surface area contributed by atoms with Crippen molar-refractivity contribution < 1.29 is 26.0 Å². The van der Waals surface area contributed by atoms with Crippen molar-refractivity contribution >= 4 is 53.8 Å². The van der Waals surface area contributed by atoms with Gasteiger partial charge in [0.15, 0.2) is 0 Å². The Bertz CT molecular complexity index is 1960. The van der Waals surface area contributed by atoms with Gasteiger partial charge in [-0.15, -0.1) is 0 Å². The van der Waals surface area contributed by atoms with E-state index in [1.807, 2.05) is 37.3 Å². The Kier molecular flexibility index (Phi) is 7.97. The molecule has 0 unspecified atom stereocenters. The molecule has 42 heavy (non-hydrogen) atoms. The second-order valence-corrected chi connectivity index (χ2v) is 13.1. The fourth-order valence-electron chi connectivity index (χ4n) is 4.33. The van der Waals surface area contributed by atoms with E-state index in [0.29, 0.717) is 5.69 Å². The van der Waals surface area contributed by atoms with Gasteiger partial charge >= 0.3 is 0 Å². The normalized spacial score (nSPS) is 11.7. The molecule has 5 aromatic rings. The Morgan fingerprint density at radius 3 is 2.05 bits per heavy atom. The van der Waals surface area contributed by atoms with Crippen LogP contribution in [0.2, 0.25) is 0 Å². The summed E-state index contributed by atoms with van der Waals surface area (Å²) in [6.45, 7) is 1.21. The van der Waals surface area contributed by atoms with Gasteiger partial charge in [0, 0.05) is 11.1 Å². The largest absolute Gasteiger partial charge is 0.325 e. The first kappa shape index (κ1) is 28.8. The van der Waals surface area contributed by atoms with E-state index in [1.54, 1.807) is 24.3 Å². The van der Waals surface area contributed by atoms with Crippen LogP contribution in [0, 0.1) is 12.7 Å². The van der Waals surface area contributed by atoms with Crippen LogP contribution in [-0.2, 0) is 24.8 Å². The molecule has 8 nitrogen and oxygen atoms in total. The van der Waals surface area contributed by atoms with Crippen LogP contribution in [0.4, 0.5) is 21.5 Å². The van der Waals surface area contributed by atoms with Gasteiger partial charge in [0.2, 0.25) is 5.91 Å². The minimum atomic E-state index is -4.18. The second kappa shape index (κ2) is 11.6. The minimum absolute atomic E-state index is 0.0247. The number of carbonyl (C=O) groups is 1. The summed E-state index contributed by atoms with van der Waals surface area (Å²) in [5.74, 6) is -1.24. The summed E-state index contributed by atoms with van der Waals surface area (Å²) in [4.78, 5) is 13.0. The number of nitrogens with zero attached hydrogens (tertiary/aromatic N) is 1. The number of hydrogen-bond donors (Lipinski definition) is 2. The summed E-state index contributed by atoms with van der Waals surface area (Å²) in [6.07, 6.45) is 0. The molecule has 0 bridgehead atoms. The molecule has 2 N–H and O–H groups in total. The molecule has 0 radical (unpaired) electrons. The van der Waals surface area contributed by atoms with Crippen molar-refractivity contribution in [2.45, 2.75) is 16.7 Å². The van der Waals surface area contributed by atoms with Crippen molar-refractivity contribution in [1.29, 1.82) is 0 Å². The predicted octanol–water partition coefficient (Wildman–Crippen LogP) is 5.92. The number of amides is 1. The highest BCUT2D eigenvalue weighted by molar-refractivity contribution is 7.93. The summed E-state index contributed by atoms with van der Waals surface area (Å²) in [6, 6.07) is 29.1. The van der Waals surface area contributed by atoms with Crippen LogP contribution < -0.4 is 14.3 Å². The molecule has 1 amide bonds. The van der Waals surface area contributed by atoms with Gasteiger partial charge in [-0.25, -0.2) is 21.2 Å². The van der Waals surface area contributed by atoms with Crippen molar-refractivity contribution in [2.75, 3.05) is 20.9 Å². The van der Waals surface area contributed by atoms with Crippen LogP contribution in [0.25, 0.3) is 10.8 Å². The first-order valence-electron chi connectivity index (χ1n) is 12.8. The molecular weight excluding hydrogens is 577 g/mol. The van der Waals surface area contributed by atoms with E-state index >= 15 is 0 Å². The molecule has 5 rings (SSSR count). The number of fused-ring (bicyclic) bond motifs is 1. The lowest BCUT2D eigenvalue weighted by molar-refractivity contribution is -0.114. The van der Waals surface area contributed by atoms with Crippen molar-refractivity contribution in [2.24, 2.45) is 0 Å². The summed E-state index contributed by atoms with van der Waals surface area (Å²) in [5.41, 5.74) is 1.66. The maximum absolute atomic E-state index is 13.6. The summed E-state index contributed by atoms with van der Waals surface area (Å²) in [7, 11) is -8.12. The van der Waals surface area contributed by atoms with Crippen molar-refractivity contribution in [3.05, 3.63) is 127 Å². The zero-order chi connectivity index (χ0) is 29.9. The van der Waals surface area contributed by atoms with Crippen molar-refractivity contribution in [3.8, 4) is 0 Å². The van der Waals surface area contributed by atoms with Gasteiger partial charge < -0.3 is 5.32 Å². The lowest BCUT2D eigenvalue weighted by Gasteiger charge is -2.24. The Balaban J connectivity index is 1.34. The third kappa shape index (κ3) is 6.27. The smallest absolute Gasteiger partial charge is 0.264 e. The molecule has 0 heterocycles. The maximum atomic E-state index is 13.6. The number of benzene rings is 5. The Hall–Kier alpha value is -4.74. The molecule has 0 fully saturated rings. The molecule has 5 aromatic carbocycles. The van der Waals surface area contributed by atoms with E-state index in [9.17, 15) is 26.0 Å². The van der Waals surface area contributed by atoms with Crippen molar-refractivity contribution in [1.82, 2.24) is 0 Å². The van der Waals surface area contributed by atoms with Crippen LogP contribution in [0.1, 0.15) is 5.56 Å². The molecule has 0 spiro atoms. The molecular formula is C31H26FN3O5S2. The lowest BCUT2D eigenvalue weighted by Crippen LogP contribution is -2.38. The zero-order valence-corrected chi connectivity index (χ0v) is 24.0. The van der Waals surface area contributed by atoms with Gasteiger partial charge in [-0.2, -0.15) is 0 Å². The average Bonchev–Trinajstić information content (AvgIpc) is 2.97. The maximum Gasteiger partial charge on any atom is 0.264 e. The monoisotopic (exact) mass is 603 g/mol. The number of aryl methyl sites for hydroxylation is 1. The quantitative estimate of drug-likeness (QED) is 0.217. The SMILES string of the molecule is Cc1ccc(S(=O)(=O)N(CC(=O)Nc2ccc(S(=O)(=O)Nc3cccc4ccccc34)cc2)c2ccc(F)cc2)cc1. The molecule has 0 aliphatic carbocycles. The minimum Gasteiger partial charge on any atom is -0.325 e. The van der Waals surface area contributed by atoms with Gasteiger partial charge in [0.05, 0.1) is 21.2 Å². The Morgan fingerprint density at radius 1 is 0.738 bits per heavy atom. The summed E-state index contributed by atoms with van der Waals surface area (Å²) in [5, 5.41) is 4.24. The molecule has 0 aliphatic heterocycles. The zero-order valence-electron chi connectivity index (χ0n) is 22.4. The molecule has 0 atom stereocenters. The second-order valence-electron chi connectivity index (χ2n) is 9.51. The molecule has 0 aromatic heterocycles. The number of sulfonamides is 2. The first-order valence-corrected chi connectivity index (χ1v) is 15.7. The van der Waals surface area contributed by atoms with Crippen molar-refractivity contribution in [3.63, 3.8) is 0 Å². The summed E-state index contributed by atoms with van der Waals surface area (Å²) < 4.78 is 70.2. The highest BCUT2D eigenvalue weighted by Crippen LogP contribution is 2.27. The van der Waals surface area contributed by atoms with E-state index in [2.05, 4.69) is 10.0 Å². The number of halogens is 1.